The SMILES string of the molecule is CN(CC1CCCN1C)c1nc(N)ns1. The van der Waals surface area contributed by atoms with Gasteiger partial charge in [0.25, 0.3) is 0 Å². The highest BCUT2D eigenvalue weighted by Gasteiger charge is 2.23. The minimum atomic E-state index is 0.377. The summed E-state index contributed by atoms with van der Waals surface area (Å²) in [6.45, 7) is 2.21. The van der Waals surface area contributed by atoms with Gasteiger partial charge in [0.05, 0.1) is 0 Å². The highest BCUT2D eigenvalue weighted by Crippen LogP contribution is 2.21. The Bertz CT molecular complexity index is 326. The monoisotopic (exact) mass is 227 g/mol. The molecule has 15 heavy (non-hydrogen) atoms. The molecule has 84 valence electrons. The number of hydrogen-bond donors (Lipinski definition) is 1. The van der Waals surface area contributed by atoms with Crippen LogP contribution in [0.5, 0.6) is 0 Å². The number of rotatable bonds is 3. The second-order valence-electron chi connectivity index (χ2n) is 4.09. The number of nitrogens with zero attached hydrogens (tertiary/aromatic N) is 4. The number of aromatic nitrogens is 2. The Labute approximate surface area is 94.1 Å². The van der Waals surface area contributed by atoms with Crippen LogP contribution in [0.4, 0.5) is 11.1 Å². The lowest BCUT2D eigenvalue weighted by molar-refractivity contribution is 0.314. The van der Waals surface area contributed by atoms with Gasteiger partial charge in [-0.05, 0) is 26.4 Å². The zero-order chi connectivity index (χ0) is 10.8. The maximum absolute atomic E-state index is 5.50. The number of hydrogen-bond acceptors (Lipinski definition) is 6. The maximum atomic E-state index is 5.50. The molecule has 1 atom stereocenters. The summed E-state index contributed by atoms with van der Waals surface area (Å²) in [5.41, 5.74) is 5.50. The van der Waals surface area contributed by atoms with Crippen LogP contribution in [0.3, 0.4) is 0 Å². The Hall–Kier alpha value is -0.880. The molecule has 0 amide bonds. The fourth-order valence-electron chi connectivity index (χ4n) is 1.99. The lowest BCUT2D eigenvalue weighted by Crippen LogP contribution is -2.36. The molecule has 2 heterocycles. The largest absolute Gasteiger partial charge is 0.367 e. The molecule has 1 aliphatic rings. The summed E-state index contributed by atoms with van der Waals surface area (Å²) < 4.78 is 3.98. The van der Waals surface area contributed by atoms with E-state index in [0.29, 0.717) is 12.0 Å². The summed E-state index contributed by atoms with van der Waals surface area (Å²) in [6, 6.07) is 0.639. The standard InChI is InChI=1S/C9H17N5S/c1-13-5-3-4-7(13)6-14(2)9-11-8(10)12-15-9/h7H,3-6H2,1-2H3,(H2,10,12). The van der Waals surface area contributed by atoms with Crippen molar-refractivity contribution in [1.82, 2.24) is 14.3 Å². The lowest BCUT2D eigenvalue weighted by Gasteiger charge is -2.24. The van der Waals surface area contributed by atoms with E-state index in [2.05, 4.69) is 26.2 Å². The molecular formula is C9H17N5S. The number of nitrogen functional groups attached to an aromatic ring is 1. The zero-order valence-corrected chi connectivity index (χ0v) is 10.00. The van der Waals surface area contributed by atoms with Gasteiger partial charge in [-0.2, -0.15) is 9.36 Å². The van der Waals surface area contributed by atoms with Crippen molar-refractivity contribution in [2.24, 2.45) is 0 Å². The molecule has 2 rings (SSSR count). The van der Waals surface area contributed by atoms with Crippen molar-refractivity contribution in [2.75, 3.05) is 37.8 Å². The molecule has 0 bridgehead atoms. The van der Waals surface area contributed by atoms with Crippen LogP contribution in [0.15, 0.2) is 0 Å². The molecule has 1 aromatic rings. The predicted octanol–water partition coefficient (Wildman–Crippen LogP) is 0.651. The van der Waals surface area contributed by atoms with E-state index >= 15 is 0 Å². The van der Waals surface area contributed by atoms with Gasteiger partial charge in [0.2, 0.25) is 11.1 Å². The van der Waals surface area contributed by atoms with Gasteiger partial charge < -0.3 is 15.5 Å². The van der Waals surface area contributed by atoms with Gasteiger partial charge in [-0.3, -0.25) is 0 Å². The van der Waals surface area contributed by atoms with E-state index < -0.39 is 0 Å². The first-order valence-electron chi connectivity index (χ1n) is 5.17. The van der Waals surface area contributed by atoms with Crippen molar-refractivity contribution in [1.29, 1.82) is 0 Å². The molecule has 1 aromatic heterocycles. The van der Waals surface area contributed by atoms with Crippen molar-refractivity contribution in [2.45, 2.75) is 18.9 Å². The fraction of sp³-hybridized carbons (Fsp3) is 0.778. The van der Waals surface area contributed by atoms with E-state index in [1.165, 1.54) is 30.9 Å². The number of anilines is 2. The first-order chi connectivity index (χ1) is 7.16. The maximum Gasteiger partial charge on any atom is 0.233 e. The molecule has 1 saturated heterocycles. The molecule has 0 saturated carbocycles. The molecule has 0 radical (unpaired) electrons. The van der Waals surface area contributed by atoms with Crippen LogP contribution < -0.4 is 10.6 Å². The Kier molecular flexibility index (Phi) is 3.06. The van der Waals surface area contributed by atoms with E-state index in [1.54, 1.807) is 0 Å². The van der Waals surface area contributed by atoms with Gasteiger partial charge in [-0.25, -0.2) is 0 Å². The van der Waals surface area contributed by atoms with Crippen molar-refractivity contribution in [3.8, 4) is 0 Å². The molecule has 0 spiro atoms. The third-order valence-corrected chi connectivity index (χ3v) is 3.76. The number of likely N-dealkylation sites (N-methyl/N-ethyl adjacent to an activating group) is 2. The minimum absolute atomic E-state index is 0.377. The van der Waals surface area contributed by atoms with Crippen molar-refractivity contribution in [3.63, 3.8) is 0 Å². The normalized spacial score (nSPS) is 22.1. The molecule has 1 fully saturated rings. The Balaban J connectivity index is 1.94. The van der Waals surface area contributed by atoms with E-state index in [4.69, 9.17) is 5.73 Å². The lowest BCUT2D eigenvalue weighted by atomic mass is 10.2. The quantitative estimate of drug-likeness (QED) is 0.821. The topological polar surface area (TPSA) is 58.3 Å². The van der Waals surface area contributed by atoms with Crippen molar-refractivity contribution in [3.05, 3.63) is 0 Å². The second-order valence-corrected chi connectivity index (χ2v) is 4.82. The van der Waals surface area contributed by atoms with Crippen LogP contribution >= 0.6 is 11.5 Å². The molecule has 1 unspecified atom stereocenters. The smallest absolute Gasteiger partial charge is 0.233 e. The Morgan fingerprint density at radius 3 is 3.00 bits per heavy atom. The van der Waals surface area contributed by atoms with E-state index in [0.717, 1.165) is 11.7 Å². The van der Waals surface area contributed by atoms with E-state index in [9.17, 15) is 0 Å². The van der Waals surface area contributed by atoms with Gasteiger partial charge >= 0.3 is 0 Å². The summed E-state index contributed by atoms with van der Waals surface area (Å²) in [5.74, 6) is 0.377. The fourth-order valence-corrected chi connectivity index (χ4v) is 2.55. The first-order valence-corrected chi connectivity index (χ1v) is 5.94. The average Bonchev–Trinajstić information content (AvgIpc) is 2.77. The van der Waals surface area contributed by atoms with Crippen LogP contribution in [0.25, 0.3) is 0 Å². The molecule has 6 heteroatoms. The first kappa shape index (κ1) is 10.6. The molecular weight excluding hydrogens is 210 g/mol. The van der Waals surface area contributed by atoms with Crippen molar-refractivity contribution < 1.29 is 0 Å². The highest BCUT2D eigenvalue weighted by molar-refractivity contribution is 7.09. The van der Waals surface area contributed by atoms with Gasteiger partial charge in [-0.15, -0.1) is 0 Å². The third kappa shape index (κ3) is 2.38. The zero-order valence-electron chi connectivity index (χ0n) is 9.18. The van der Waals surface area contributed by atoms with E-state index in [1.807, 2.05) is 7.05 Å². The molecule has 0 aromatic carbocycles. The third-order valence-electron chi connectivity index (χ3n) is 2.91. The van der Waals surface area contributed by atoms with Gasteiger partial charge in [0.15, 0.2) is 0 Å². The summed E-state index contributed by atoms with van der Waals surface area (Å²) in [6.07, 6.45) is 2.57. The van der Waals surface area contributed by atoms with Crippen LogP contribution in [-0.2, 0) is 0 Å². The summed E-state index contributed by atoms with van der Waals surface area (Å²) in [7, 11) is 4.23. The van der Waals surface area contributed by atoms with Crippen LogP contribution in [0.2, 0.25) is 0 Å². The van der Waals surface area contributed by atoms with Crippen LogP contribution in [-0.4, -0.2) is 47.5 Å². The number of likely N-dealkylation sites (tertiary alicyclic amines) is 1. The van der Waals surface area contributed by atoms with Gasteiger partial charge in [-0.1, -0.05) is 0 Å². The molecule has 5 nitrogen and oxygen atoms in total. The number of nitrogens with two attached hydrogens (primary N) is 1. The van der Waals surface area contributed by atoms with Crippen molar-refractivity contribution >= 4 is 22.6 Å². The molecule has 2 N–H and O–H groups in total. The average molecular weight is 227 g/mol. The van der Waals surface area contributed by atoms with E-state index in [-0.39, 0.29) is 0 Å². The van der Waals surface area contributed by atoms with Gasteiger partial charge in [0, 0.05) is 31.2 Å². The minimum Gasteiger partial charge on any atom is -0.367 e. The molecule has 1 aliphatic heterocycles. The highest BCUT2D eigenvalue weighted by atomic mass is 32.1. The predicted molar refractivity (Wildman–Crippen MR) is 63.2 cm³/mol. The van der Waals surface area contributed by atoms with Crippen LogP contribution in [0.1, 0.15) is 12.8 Å². The summed E-state index contributed by atoms with van der Waals surface area (Å²) >= 11 is 1.36. The van der Waals surface area contributed by atoms with Gasteiger partial charge in [0.1, 0.15) is 0 Å². The summed E-state index contributed by atoms with van der Waals surface area (Å²) in [5, 5.41) is 0.910. The van der Waals surface area contributed by atoms with Crippen LogP contribution in [0, 0.1) is 0 Å². The Morgan fingerprint density at radius 2 is 2.47 bits per heavy atom. The second kappa shape index (κ2) is 4.32. The molecule has 0 aliphatic carbocycles. The summed E-state index contributed by atoms with van der Waals surface area (Å²) in [4.78, 5) is 8.71. The Morgan fingerprint density at radius 1 is 1.67 bits per heavy atom.